The molecule has 27 heavy (non-hydrogen) atoms. The number of hydrogen-bond acceptors (Lipinski definition) is 4. The van der Waals surface area contributed by atoms with Gasteiger partial charge in [0.2, 0.25) is 0 Å². The highest BCUT2D eigenvalue weighted by molar-refractivity contribution is 5.81. The number of nitrogens with zero attached hydrogens (tertiary/aromatic N) is 1. The zero-order valence-electron chi connectivity index (χ0n) is 15.9. The van der Waals surface area contributed by atoms with E-state index >= 15 is 0 Å². The molecule has 1 fully saturated rings. The Balaban J connectivity index is 1.47. The van der Waals surface area contributed by atoms with Gasteiger partial charge in [0.05, 0.1) is 13.2 Å². The topological polar surface area (TPSA) is 50.8 Å². The molecule has 144 valence electrons. The van der Waals surface area contributed by atoms with Crippen molar-refractivity contribution in [1.29, 1.82) is 0 Å². The Bertz CT molecular complexity index is 697. The van der Waals surface area contributed by atoms with Gasteiger partial charge in [0, 0.05) is 26.2 Å². The summed E-state index contributed by atoms with van der Waals surface area (Å²) < 4.78 is 11.2. The second kappa shape index (κ2) is 10.1. The lowest BCUT2D eigenvalue weighted by Gasteiger charge is -2.26. The van der Waals surface area contributed by atoms with Crippen LogP contribution in [0.2, 0.25) is 0 Å². The zero-order valence-corrected chi connectivity index (χ0v) is 15.9. The number of benzene rings is 2. The molecule has 1 N–H and O–H groups in total. The lowest BCUT2D eigenvalue weighted by molar-refractivity contribution is -0.128. The molecule has 3 rings (SSSR count). The molecular weight excluding hydrogens is 340 g/mol. The van der Waals surface area contributed by atoms with E-state index in [2.05, 4.69) is 34.5 Å². The fourth-order valence-electron chi connectivity index (χ4n) is 3.07. The number of ether oxygens (including phenoxy) is 2. The van der Waals surface area contributed by atoms with Crippen LogP contribution in [0.15, 0.2) is 54.6 Å². The number of carbonyl (C=O) groups is 1. The van der Waals surface area contributed by atoms with Gasteiger partial charge in [0.15, 0.2) is 6.10 Å². The molecule has 1 saturated heterocycles. The number of nitrogens with one attached hydrogen (secondary N) is 1. The summed E-state index contributed by atoms with van der Waals surface area (Å²) in [7, 11) is 0. The van der Waals surface area contributed by atoms with Crippen LogP contribution in [0.4, 0.5) is 0 Å². The summed E-state index contributed by atoms with van der Waals surface area (Å²) >= 11 is 0. The summed E-state index contributed by atoms with van der Waals surface area (Å²) in [4.78, 5) is 14.8. The molecule has 5 heteroatoms. The van der Waals surface area contributed by atoms with E-state index in [0.29, 0.717) is 18.7 Å². The SMILES string of the molecule is CC[C@@H](Oc1ccccc1)C(=O)NCc1ccc(CN2CCOCC2)cc1. The molecule has 0 aliphatic carbocycles. The molecule has 1 atom stereocenters. The average Bonchev–Trinajstić information content (AvgIpc) is 2.73. The second-order valence-corrected chi connectivity index (χ2v) is 6.75. The first-order valence-corrected chi connectivity index (χ1v) is 9.62. The van der Waals surface area contributed by atoms with Crippen molar-refractivity contribution >= 4 is 5.91 Å². The third-order valence-corrected chi connectivity index (χ3v) is 4.68. The van der Waals surface area contributed by atoms with E-state index in [4.69, 9.17) is 9.47 Å². The van der Waals surface area contributed by atoms with E-state index in [-0.39, 0.29) is 5.91 Å². The van der Waals surface area contributed by atoms with Crippen molar-refractivity contribution in [3.8, 4) is 5.75 Å². The van der Waals surface area contributed by atoms with Crippen molar-refractivity contribution in [2.75, 3.05) is 26.3 Å². The van der Waals surface area contributed by atoms with Crippen molar-refractivity contribution in [3.05, 3.63) is 65.7 Å². The summed E-state index contributed by atoms with van der Waals surface area (Å²) in [6.45, 7) is 6.99. The average molecular weight is 368 g/mol. The fourth-order valence-corrected chi connectivity index (χ4v) is 3.07. The minimum atomic E-state index is -0.479. The van der Waals surface area contributed by atoms with Gasteiger partial charge in [-0.1, -0.05) is 49.4 Å². The minimum absolute atomic E-state index is 0.0845. The maximum Gasteiger partial charge on any atom is 0.261 e. The second-order valence-electron chi connectivity index (χ2n) is 6.75. The van der Waals surface area contributed by atoms with Gasteiger partial charge in [-0.25, -0.2) is 0 Å². The third-order valence-electron chi connectivity index (χ3n) is 4.68. The largest absolute Gasteiger partial charge is 0.481 e. The van der Waals surface area contributed by atoms with Crippen LogP contribution >= 0.6 is 0 Å². The van der Waals surface area contributed by atoms with Crippen molar-refractivity contribution in [2.45, 2.75) is 32.5 Å². The van der Waals surface area contributed by atoms with Crippen LogP contribution in [-0.4, -0.2) is 43.2 Å². The van der Waals surface area contributed by atoms with Crippen molar-refractivity contribution < 1.29 is 14.3 Å². The van der Waals surface area contributed by atoms with Crippen LogP contribution in [-0.2, 0) is 22.6 Å². The Morgan fingerprint density at radius 1 is 1.07 bits per heavy atom. The van der Waals surface area contributed by atoms with Gasteiger partial charge in [-0.05, 0) is 29.7 Å². The molecule has 0 unspecified atom stereocenters. The fraction of sp³-hybridized carbons (Fsp3) is 0.409. The predicted molar refractivity (Wildman–Crippen MR) is 106 cm³/mol. The number of para-hydroxylation sites is 1. The highest BCUT2D eigenvalue weighted by Crippen LogP contribution is 2.13. The molecule has 0 aromatic heterocycles. The Labute approximate surface area is 161 Å². The van der Waals surface area contributed by atoms with Gasteiger partial charge in [-0.15, -0.1) is 0 Å². The third kappa shape index (κ3) is 6.08. The van der Waals surface area contributed by atoms with E-state index in [1.807, 2.05) is 37.3 Å². The molecule has 1 aliphatic heterocycles. The molecule has 1 amide bonds. The molecule has 2 aromatic carbocycles. The lowest BCUT2D eigenvalue weighted by atomic mass is 10.1. The summed E-state index contributed by atoms with van der Waals surface area (Å²) in [6.07, 6.45) is 0.146. The number of hydrogen-bond donors (Lipinski definition) is 1. The highest BCUT2D eigenvalue weighted by Gasteiger charge is 2.18. The normalized spacial score (nSPS) is 15.9. The minimum Gasteiger partial charge on any atom is -0.481 e. The van der Waals surface area contributed by atoms with Gasteiger partial charge in [-0.2, -0.15) is 0 Å². The van der Waals surface area contributed by atoms with Crippen LogP contribution < -0.4 is 10.1 Å². The van der Waals surface area contributed by atoms with Crippen molar-refractivity contribution in [1.82, 2.24) is 10.2 Å². The maximum atomic E-state index is 12.4. The number of rotatable bonds is 8. The first-order chi connectivity index (χ1) is 13.2. The molecule has 2 aromatic rings. The quantitative estimate of drug-likeness (QED) is 0.778. The van der Waals surface area contributed by atoms with E-state index in [0.717, 1.165) is 38.4 Å². The van der Waals surface area contributed by atoms with E-state index in [9.17, 15) is 4.79 Å². The molecule has 1 heterocycles. The molecule has 5 nitrogen and oxygen atoms in total. The van der Waals surface area contributed by atoms with Crippen molar-refractivity contribution in [2.24, 2.45) is 0 Å². The summed E-state index contributed by atoms with van der Waals surface area (Å²) in [5, 5.41) is 2.98. The van der Waals surface area contributed by atoms with Crippen LogP contribution in [0.5, 0.6) is 5.75 Å². The van der Waals surface area contributed by atoms with E-state index in [1.54, 1.807) is 0 Å². The molecule has 0 saturated carbocycles. The highest BCUT2D eigenvalue weighted by atomic mass is 16.5. The Morgan fingerprint density at radius 2 is 1.74 bits per heavy atom. The van der Waals surface area contributed by atoms with Crippen LogP contribution in [0.25, 0.3) is 0 Å². The maximum absolute atomic E-state index is 12.4. The molecule has 0 spiro atoms. The van der Waals surface area contributed by atoms with E-state index in [1.165, 1.54) is 5.56 Å². The van der Waals surface area contributed by atoms with Gasteiger partial charge in [0.1, 0.15) is 5.75 Å². The monoisotopic (exact) mass is 368 g/mol. The zero-order chi connectivity index (χ0) is 18.9. The first-order valence-electron chi connectivity index (χ1n) is 9.62. The Kier molecular flexibility index (Phi) is 7.25. The predicted octanol–water partition coefficient (Wildman–Crippen LogP) is 2.99. The lowest BCUT2D eigenvalue weighted by Crippen LogP contribution is -2.37. The molecule has 0 radical (unpaired) electrons. The Morgan fingerprint density at radius 3 is 2.41 bits per heavy atom. The van der Waals surface area contributed by atoms with Gasteiger partial charge < -0.3 is 14.8 Å². The van der Waals surface area contributed by atoms with Gasteiger partial charge in [0.25, 0.3) is 5.91 Å². The molecule has 0 bridgehead atoms. The summed E-state index contributed by atoms with van der Waals surface area (Å²) in [6, 6.07) is 17.9. The van der Waals surface area contributed by atoms with Gasteiger partial charge >= 0.3 is 0 Å². The van der Waals surface area contributed by atoms with Crippen molar-refractivity contribution in [3.63, 3.8) is 0 Å². The number of carbonyl (C=O) groups excluding carboxylic acids is 1. The van der Waals surface area contributed by atoms with Gasteiger partial charge in [-0.3, -0.25) is 9.69 Å². The first kappa shape index (κ1) is 19.4. The van der Waals surface area contributed by atoms with Crippen LogP contribution in [0.1, 0.15) is 24.5 Å². The Hall–Kier alpha value is -2.37. The van der Waals surface area contributed by atoms with E-state index < -0.39 is 6.10 Å². The molecular formula is C22H28N2O3. The molecule has 1 aliphatic rings. The summed E-state index contributed by atoms with van der Waals surface area (Å²) in [5.74, 6) is 0.630. The smallest absolute Gasteiger partial charge is 0.261 e. The summed E-state index contributed by atoms with van der Waals surface area (Å²) in [5.41, 5.74) is 2.37. The number of morpholine rings is 1. The van der Waals surface area contributed by atoms with Crippen LogP contribution in [0.3, 0.4) is 0 Å². The standard InChI is InChI=1S/C22H28N2O3/c1-2-21(27-20-6-4-3-5-7-20)22(25)23-16-18-8-10-19(11-9-18)17-24-12-14-26-15-13-24/h3-11,21H,2,12-17H2,1H3,(H,23,25)/t21-/m1/s1. The number of amides is 1. The van der Waals surface area contributed by atoms with Crippen LogP contribution in [0, 0.1) is 0 Å².